The van der Waals surface area contributed by atoms with Gasteiger partial charge in [-0.2, -0.15) is 0 Å². The Bertz CT molecular complexity index is 414. The number of hydrogen-bond acceptors (Lipinski definition) is 4. The number of methoxy groups -OCH3 is 1. The molecule has 1 heterocycles. The first-order valence-electron chi connectivity index (χ1n) is 7.26. The molecule has 0 aromatic heterocycles. The van der Waals surface area contributed by atoms with Gasteiger partial charge in [0.15, 0.2) is 0 Å². The van der Waals surface area contributed by atoms with Crippen LogP contribution in [0, 0.1) is 0 Å². The minimum Gasteiger partial charge on any atom is -0.497 e. The highest BCUT2D eigenvalue weighted by atomic mass is 16.5. The van der Waals surface area contributed by atoms with E-state index in [9.17, 15) is 0 Å². The normalized spacial score (nSPS) is 16.1. The number of hydrogen-bond donors (Lipinski definition) is 1. The summed E-state index contributed by atoms with van der Waals surface area (Å²) < 4.78 is 5.29. The van der Waals surface area contributed by atoms with Gasteiger partial charge in [0.2, 0.25) is 0 Å². The summed E-state index contributed by atoms with van der Waals surface area (Å²) in [4.78, 5) is 4.93. The lowest BCUT2D eigenvalue weighted by Crippen LogP contribution is -2.48. The second kappa shape index (κ2) is 7.92. The monoisotopic (exact) mass is 275 g/mol. The lowest BCUT2D eigenvalue weighted by atomic mass is 10.2. The van der Waals surface area contributed by atoms with Gasteiger partial charge in [-0.25, -0.2) is 0 Å². The van der Waals surface area contributed by atoms with E-state index in [1.807, 2.05) is 12.1 Å². The molecule has 0 radical (unpaired) electrons. The number of anilines is 1. The molecule has 0 aliphatic carbocycles. The van der Waals surface area contributed by atoms with Crippen LogP contribution in [0.4, 0.5) is 5.69 Å². The van der Waals surface area contributed by atoms with Gasteiger partial charge in [-0.1, -0.05) is 12.1 Å². The molecule has 1 aromatic rings. The van der Waals surface area contributed by atoms with E-state index in [1.54, 1.807) is 7.11 Å². The van der Waals surface area contributed by atoms with Crippen LogP contribution in [0.1, 0.15) is 0 Å². The fourth-order valence-corrected chi connectivity index (χ4v) is 2.48. The number of piperazine rings is 1. The molecule has 1 aliphatic rings. The molecule has 4 heteroatoms. The maximum absolute atomic E-state index is 5.29. The highest BCUT2D eigenvalue weighted by Gasteiger charge is 2.16. The molecule has 4 nitrogen and oxygen atoms in total. The first-order chi connectivity index (χ1) is 9.83. The highest BCUT2D eigenvalue weighted by Crippen LogP contribution is 2.21. The number of nitrogens with zero attached hydrogens (tertiary/aromatic N) is 2. The van der Waals surface area contributed by atoms with Crippen molar-refractivity contribution in [2.75, 3.05) is 57.8 Å². The molecule has 1 fully saturated rings. The Kier molecular flexibility index (Phi) is 5.89. The molecule has 0 spiro atoms. The van der Waals surface area contributed by atoms with Crippen LogP contribution in [0.2, 0.25) is 0 Å². The maximum Gasteiger partial charge on any atom is 0.120 e. The molecular formula is C16H25N3O. The molecule has 0 unspecified atom stereocenters. The molecular weight excluding hydrogens is 250 g/mol. The predicted octanol–water partition coefficient (Wildman–Crippen LogP) is 1.59. The number of rotatable bonds is 7. The van der Waals surface area contributed by atoms with Crippen LogP contribution in [0.3, 0.4) is 0 Å². The van der Waals surface area contributed by atoms with Crippen molar-refractivity contribution in [3.8, 4) is 5.75 Å². The molecule has 20 heavy (non-hydrogen) atoms. The zero-order valence-electron chi connectivity index (χ0n) is 12.3. The van der Waals surface area contributed by atoms with Crippen molar-refractivity contribution in [3.05, 3.63) is 36.9 Å². The highest BCUT2D eigenvalue weighted by molar-refractivity contribution is 5.51. The molecule has 0 amide bonds. The summed E-state index contributed by atoms with van der Waals surface area (Å²) >= 11 is 0. The minimum atomic E-state index is 0.893. The van der Waals surface area contributed by atoms with E-state index in [-0.39, 0.29) is 0 Å². The van der Waals surface area contributed by atoms with E-state index in [4.69, 9.17) is 4.74 Å². The Morgan fingerprint density at radius 3 is 2.80 bits per heavy atom. The summed E-state index contributed by atoms with van der Waals surface area (Å²) in [5.74, 6) is 0.929. The molecule has 110 valence electrons. The first kappa shape index (κ1) is 14.9. The van der Waals surface area contributed by atoms with E-state index in [0.29, 0.717) is 0 Å². The van der Waals surface area contributed by atoms with Gasteiger partial charge < -0.3 is 15.0 Å². The Morgan fingerprint density at radius 2 is 2.10 bits per heavy atom. The molecule has 1 saturated heterocycles. The molecule has 1 N–H and O–H groups in total. The van der Waals surface area contributed by atoms with Crippen LogP contribution in [-0.2, 0) is 0 Å². The van der Waals surface area contributed by atoms with Gasteiger partial charge in [-0.05, 0) is 12.1 Å². The van der Waals surface area contributed by atoms with Gasteiger partial charge in [0, 0.05) is 57.6 Å². The van der Waals surface area contributed by atoms with Crippen molar-refractivity contribution in [2.24, 2.45) is 0 Å². The topological polar surface area (TPSA) is 27.7 Å². The molecule has 1 aliphatic heterocycles. The zero-order chi connectivity index (χ0) is 14.2. The lowest BCUT2D eigenvalue weighted by Gasteiger charge is -2.36. The Labute approximate surface area is 122 Å². The van der Waals surface area contributed by atoms with Crippen molar-refractivity contribution in [2.45, 2.75) is 0 Å². The first-order valence-corrected chi connectivity index (χ1v) is 7.26. The lowest BCUT2D eigenvalue weighted by molar-refractivity contribution is 0.259. The average Bonchev–Trinajstić information content (AvgIpc) is 2.52. The smallest absolute Gasteiger partial charge is 0.120 e. The van der Waals surface area contributed by atoms with Gasteiger partial charge in [0.05, 0.1) is 7.11 Å². The van der Waals surface area contributed by atoms with E-state index < -0.39 is 0 Å². The van der Waals surface area contributed by atoms with Crippen LogP contribution in [-0.4, -0.2) is 57.8 Å². The van der Waals surface area contributed by atoms with Crippen LogP contribution >= 0.6 is 0 Å². The van der Waals surface area contributed by atoms with Crippen LogP contribution in [0.25, 0.3) is 0 Å². The fourth-order valence-electron chi connectivity index (χ4n) is 2.48. The summed E-state index contributed by atoms with van der Waals surface area (Å²) in [7, 11) is 1.72. The van der Waals surface area contributed by atoms with E-state index in [1.165, 1.54) is 5.69 Å². The van der Waals surface area contributed by atoms with Crippen molar-refractivity contribution < 1.29 is 4.74 Å². The Morgan fingerprint density at radius 1 is 1.30 bits per heavy atom. The summed E-state index contributed by atoms with van der Waals surface area (Å²) in [6.07, 6.45) is 1.90. The largest absolute Gasteiger partial charge is 0.497 e. The summed E-state index contributed by atoms with van der Waals surface area (Å²) in [6, 6.07) is 8.32. The van der Waals surface area contributed by atoms with Crippen molar-refractivity contribution in [1.29, 1.82) is 0 Å². The van der Waals surface area contributed by atoms with Crippen LogP contribution in [0.5, 0.6) is 5.75 Å². The third-order valence-corrected chi connectivity index (χ3v) is 3.68. The molecule has 0 bridgehead atoms. The van der Waals surface area contributed by atoms with Crippen LogP contribution in [0.15, 0.2) is 36.9 Å². The quantitative estimate of drug-likeness (QED) is 0.604. The summed E-state index contributed by atoms with van der Waals surface area (Å²) in [5, 5.41) is 3.35. The zero-order valence-corrected chi connectivity index (χ0v) is 12.3. The average molecular weight is 275 g/mol. The van der Waals surface area contributed by atoms with E-state index in [0.717, 1.165) is 51.6 Å². The summed E-state index contributed by atoms with van der Waals surface area (Å²) in [5.41, 5.74) is 1.26. The van der Waals surface area contributed by atoms with Crippen molar-refractivity contribution in [3.63, 3.8) is 0 Å². The third kappa shape index (κ3) is 4.25. The van der Waals surface area contributed by atoms with Crippen LogP contribution < -0.4 is 15.0 Å². The van der Waals surface area contributed by atoms with Gasteiger partial charge >= 0.3 is 0 Å². The van der Waals surface area contributed by atoms with E-state index in [2.05, 4.69) is 39.9 Å². The fraction of sp³-hybridized carbons (Fsp3) is 0.500. The Hall–Kier alpha value is -1.52. The standard InChI is InChI=1S/C16H25N3O/c1-3-7-17-8-9-18-10-12-19(13-11-18)15-5-4-6-16(14-15)20-2/h3-6,14,17H,1,7-13H2,2H3. The van der Waals surface area contributed by atoms with Crippen molar-refractivity contribution in [1.82, 2.24) is 10.2 Å². The second-order valence-electron chi connectivity index (χ2n) is 5.02. The number of ether oxygens (including phenoxy) is 1. The van der Waals surface area contributed by atoms with Gasteiger partial charge in [0.1, 0.15) is 5.75 Å². The molecule has 1 aromatic carbocycles. The SMILES string of the molecule is C=CCNCCN1CCN(c2cccc(OC)c2)CC1. The summed E-state index contributed by atoms with van der Waals surface area (Å²) in [6.45, 7) is 11.1. The third-order valence-electron chi connectivity index (χ3n) is 3.68. The second-order valence-corrected chi connectivity index (χ2v) is 5.02. The van der Waals surface area contributed by atoms with Gasteiger partial charge in [-0.3, -0.25) is 4.90 Å². The molecule has 2 rings (SSSR count). The van der Waals surface area contributed by atoms with E-state index >= 15 is 0 Å². The van der Waals surface area contributed by atoms with Gasteiger partial charge in [0.25, 0.3) is 0 Å². The van der Waals surface area contributed by atoms with Gasteiger partial charge in [-0.15, -0.1) is 6.58 Å². The molecule has 0 atom stereocenters. The molecule has 0 saturated carbocycles. The number of benzene rings is 1. The number of nitrogens with one attached hydrogen (secondary N) is 1. The maximum atomic E-state index is 5.29. The van der Waals surface area contributed by atoms with Crippen molar-refractivity contribution >= 4 is 5.69 Å². The Balaban J connectivity index is 1.77. The predicted molar refractivity (Wildman–Crippen MR) is 84.7 cm³/mol. The minimum absolute atomic E-state index is 0.893.